The van der Waals surface area contributed by atoms with E-state index < -0.39 is 52.6 Å². The van der Waals surface area contributed by atoms with Crippen molar-refractivity contribution in [2.45, 2.75) is 43.2 Å². The SMILES string of the molecule is COc1c(N2C[C@@H](F)[C@@H](C3(N)CC3)C2)c(F)cc2c(=O)c(C(=O)O)cn([C@@H]3C[C@@H]3F)c12. The van der Waals surface area contributed by atoms with Crippen molar-refractivity contribution < 1.29 is 27.8 Å². The molecule has 0 amide bonds. The van der Waals surface area contributed by atoms with E-state index >= 15 is 4.39 Å². The number of alkyl halides is 2. The molecule has 31 heavy (non-hydrogen) atoms. The van der Waals surface area contributed by atoms with Crippen LogP contribution in [0.25, 0.3) is 10.9 Å². The highest BCUT2D eigenvalue weighted by Gasteiger charge is 2.53. The number of methoxy groups -OCH3 is 1. The molecule has 4 atom stereocenters. The molecule has 3 N–H and O–H groups in total. The lowest BCUT2D eigenvalue weighted by atomic mass is 9.96. The number of anilines is 1. The lowest BCUT2D eigenvalue weighted by Crippen LogP contribution is -2.38. The summed E-state index contributed by atoms with van der Waals surface area (Å²) in [7, 11) is 1.28. The summed E-state index contributed by atoms with van der Waals surface area (Å²) in [5.74, 6) is -2.82. The molecule has 166 valence electrons. The summed E-state index contributed by atoms with van der Waals surface area (Å²) in [5.41, 5.74) is 4.21. The number of rotatable bonds is 5. The second-order valence-corrected chi connectivity index (χ2v) is 8.80. The van der Waals surface area contributed by atoms with Crippen LogP contribution in [0.1, 0.15) is 35.7 Å². The molecule has 2 aromatic rings. The topological polar surface area (TPSA) is 97.8 Å². The molecule has 10 heteroatoms. The summed E-state index contributed by atoms with van der Waals surface area (Å²) in [5, 5.41) is 9.17. The summed E-state index contributed by atoms with van der Waals surface area (Å²) >= 11 is 0. The number of hydrogen-bond acceptors (Lipinski definition) is 5. The molecule has 1 aromatic heterocycles. The van der Waals surface area contributed by atoms with Gasteiger partial charge in [-0.1, -0.05) is 0 Å². The third kappa shape index (κ3) is 2.99. The maximum Gasteiger partial charge on any atom is 0.341 e. The van der Waals surface area contributed by atoms with Gasteiger partial charge in [0.25, 0.3) is 0 Å². The smallest absolute Gasteiger partial charge is 0.341 e. The predicted molar refractivity (Wildman–Crippen MR) is 107 cm³/mol. The van der Waals surface area contributed by atoms with Crippen LogP contribution >= 0.6 is 0 Å². The van der Waals surface area contributed by atoms with Crippen molar-refractivity contribution in [3.05, 3.63) is 33.9 Å². The van der Waals surface area contributed by atoms with Crippen LogP contribution in [0.5, 0.6) is 5.75 Å². The number of ether oxygens (including phenoxy) is 1. The molecule has 5 rings (SSSR count). The van der Waals surface area contributed by atoms with Crippen LogP contribution in [-0.4, -0.2) is 53.7 Å². The van der Waals surface area contributed by atoms with Gasteiger partial charge in [0, 0.05) is 37.2 Å². The molecule has 0 radical (unpaired) electrons. The number of aromatic carboxylic acids is 1. The highest BCUT2D eigenvalue weighted by Crippen LogP contribution is 2.49. The molecule has 0 unspecified atom stereocenters. The molecule has 2 saturated carbocycles. The largest absolute Gasteiger partial charge is 0.492 e. The van der Waals surface area contributed by atoms with Crippen molar-refractivity contribution in [2.24, 2.45) is 11.7 Å². The van der Waals surface area contributed by atoms with E-state index in [4.69, 9.17) is 10.5 Å². The van der Waals surface area contributed by atoms with Crippen molar-refractivity contribution in [2.75, 3.05) is 25.1 Å². The van der Waals surface area contributed by atoms with E-state index in [1.165, 1.54) is 16.6 Å². The van der Waals surface area contributed by atoms with Gasteiger partial charge >= 0.3 is 5.97 Å². The quantitative estimate of drug-likeness (QED) is 0.746. The number of halogens is 3. The van der Waals surface area contributed by atoms with Crippen LogP contribution in [-0.2, 0) is 0 Å². The van der Waals surface area contributed by atoms with E-state index in [2.05, 4.69) is 0 Å². The first-order valence-electron chi connectivity index (χ1n) is 10.2. The number of aromatic nitrogens is 1. The number of nitrogens with two attached hydrogens (primary N) is 1. The average molecular weight is 437 g/mol. The van der Waals surface area contributed by atoms with Gasteiger partial charge in [0.2, 0.25) is 5.43 Å². The van der Waals surface area contributed by atoms with Gasteiger partial charge in [0.05, 0.1) is 24.1 Å². The van der Waals surface area contributed by atoms with Crippen molar-refractivity contribution in [3.8, 4) is 5.75 Å². The number of pyridine rings is 1. The van der Waals surface area contributed by atoms with Crippen LogP contribution in [0.3, 0.4) is 0 Å². The average Bonchev–Trinajstić information content (AvgIpc) is 3.60. The van der Waals surface area contributed by atoms with E-state index in [1.54, 1.807) is 0 Å². The molecule has 1 aliphatic heterocycles. The summed E-state index contributed by atoms with van der Waals surface area (Å²) in [6, 6.07) is 0.247. The normalized spacial score (nSPS) is 28.7. The molecule has 0 spiro atoms. The molecule has 7 nitrogen and oxygen atoms in total. The van der Waals surface area contributed by atoms with Crippen LogP contribution < -0.4 is 20.8 Å². The lowest BCUT2D eigenvalue weighted by molar-refractivity contribution is 0.0694. The number of carbonyl (C=O) groups is 1. The Balaban J connectivity index is 1.72. The summed E-state index contributed by atoms with van der Waals surface area (Å²) in [6.07, 6.45) is 0.166. The van der Waals surface area contributed by atoms with Gasteiger partial charge in [0.1, 0.15) is 23.6 Å². The zero-order valence-corrected chi connectivity index (χ0v) is 16.8. The minimum absolute atomic E-state index is 0.0308. The Morgan fingerprint density at radius 1 is 1.29 bits per heavy atom. The van der Waals surface area contributed by atoms with Gasteiger partial charge in [-0.3, -0.25) is 4.79 Å². The number of nitrogens with zero attached hydrogens (tertiary/aromatic N) is 2. The monoisotopic (exact) mass is 437 g/mol. The molecule has 0 bridgehead atoms. The zero-order valence-electron chi connectivity index (χ0n) is 16.8. The van der Waals surface area contributed by atoms with Crippen LogP contribution in [0.15, 0.2) is 17.1 Å². The van der Waals surface area contributed by atoms with E-state index in [9.17, 15) is 23.5 Å². The number of hydrogen-bond donors (Lipinski definition) is 2. The van der Waals surface area contributed by atoms with Crippen molar-refractivity contribution in [3.63, 3.8) is 0 Å². The number of carboxylic acids is 1. The Hall–Kier alpha value is -2.75. The van der Waals surface area contributed by atoms with E-state index in [0.29, 0.717) is 12.8 Å². The first-order valence-corrected chi connectivity index (χ1v) is 10.2. The lowest BCUT2D eigenvalue weighted by Gasteiger charge is -2.25. The molecule has 1 saturated heterocycles. The predicted octanol–water partition coefficient (Wildman–Crippen LogP) is 2.40. The highest BCUT2D eigenvalue weighted by atomic mass is 19.1. The second-order valence-electron chi connectivity index (χ2n) is 8.80. The van der Waals surface area contributed by atoms with Crippen LogP contribution in [0, 0.1) is 11.7 Å². The van der Waals surface area contributed by atoms with Crippen LogP contribution in [0.4, 0.5) is 18.9 Å². The van der Waals surface area contributed by atoms with Gasteiger partial charge in [-0.2, -0.15) is 0 Å². The second kappa shape index (κ2) is 6.62. The molecule has 2 aliphatic carbocycles. The Labute approximate surface area is 175 Å². The maximum absolute atomic E-state index is 15.3. The Bertz CT molecular complexity index is 1160. The molecule has 3 aliphatic rings. The van der Waals surface area contributed by atoms with Gasteiger partial charge in [-0.25, -0.2) is 18.0 Å². The minimum atomic E-state index is -1.49. The molecule has 3 fully saturated rings. The fraction of sp³-hybridized carbons (Fsp3) is 0.524. The first-order chi connectivity index (χ1) is 14.7. The van der Waals surface area contributed by atoms with E-state index in [-0.39, 0.29) is 41.9 Å². The van der Waals surface area contributed by atoms with Crippen molar-refractivity contribution in [1.29, 1.82) is 0 Å². The minimum Gasteiger partial charge on any atom is -0.492 e. The summed E-state index contributed by atoms with van der Waals surface area (Å²) in [4.78, 5) is 25.8. The standard InChI is InChI=1S/C21H22F3N3O4/c1-31-19-16-9(18(28)10(20(29)30)6-27(16)15-5-12(15)22)4-13(23)17(19)26-7-11(14(24)8-26)21(25)2-3-21/h4,6,11-12,14-15H,2-3,5,7-8,25H2,1H3,(H,29,30)/t11-,12-,14+,15+/m0/s1. The fourth-order valence-corrected chi connectivity index (χ4v) is 4.79. The molecule has 1 aromatic carbocycles. The number of fused-ring (bicyclic) bond motifs is 1. The summed E-state index contributed by atoms with van der Waals surface area (Å²) < 4.78 is 50.8. The third-order valence-electron chi connectivity index (χ3n) is 6.80. The molecular weight excluding hydrogens is 415 g/mol. The van der Waals surface area contributed by atoms with Gasteiger partial charge in [0.15, 0.2) is 11.6 Å². The Morgan fingerprint density at radius 2 is 1.97 bits per heavy atom. The Morgan fingerprint density at radius 3 is 2.52 bits per heavy atom. The first kappa shape index (κ1) is 20.2. The molecule has 2 heterocycles. The van der Waals surface area contributed by atoms with Gasteiger partial charge in [-0.15, -0.1) is 0 Å². The van der Waals surface area contributed by atoms with E-state index in [1.807, 2.05) is 0 Å². The number of benzene rings is 1. The van der Waals surface area contributed by atoms with E-state index in [0.717, 1.165) is 12.3 Å². The maximum atomic E-state index is 15.3. The molecular formula is C21H22F3N3O4. The zero-order chi connectivity index (χ0) is 22.2. The van der Waals surface area contributed by atoms with Gasteiger partial charge in [-0.05, 0) is 18.9 Å². The third-order valence-corrected chi connectivity index (χ3v) is 6.80. The fourth-order valence-electron chi connectivity index (χ4n) is 4.79. The van der Waals surface area contributed by atoms with Crippen molar-refractivity contribution >= 4 is 22.6 Å². The van der Waals surface area contributed by atoms with Crippen LogP contribution in [0.2, 0.25) is 0 Å². The van der Waals surface area contributed by atoms with Gasteiger partial charge < -0.3 is 25.0 Å². The Kier molecular flexibility index (Phi) is 4.31. The highest BCUT2D eigenvalue weighted by molar-refractivity contribution is 5.97. The number of carboxylic acid groups (broad SMARTS) is 1. The summed E-state index contributed by atoms with van der Waals surface area (Å²) in [6.45, 7) is 0.0953. The van der Waals surface area contributed by atoms with Crippen molar-refractivity contribution in [1.82, 2.24) is 4.57 Å².